The number of hydrogen-bond donors (Lipinski definition) is 1. The molecule has 1 fully saturated rings. The minimum atomic E-state index is -3.63. The van der Waals surface area contributed by atoms with Gasteiger partial charge in [-0.15, -0.1) is 0 Å². The molecule has 3 aromatic carbocycles. The third kappa shape index (κ3) is 3.39. The molecule has 0 saturated carbocycles. The van der Waals surface area contributed by atoms with E-state index in [9.17, 15) is 13.2 Å². The first-order valence-electron chi connectivity index (χ1n) is 10.4. The van der Waals surface area contributed by atoms with Crippen LogP contribution in [0.1, 0.15) is 36.9 Å². The maximum atomic E-state index is 13.4. The Bertz CT molecular complexity index is 1310. The fourth-order valence-corrected chi connectivity index (χ4v) is 5.85. The van der Waals surface area contributed by atoms with Crippen LogP contribution >= 0.6 is 0 Å². The Morgan fingerprint density at radius 3 is 2.68 bits per heavy atom. The molecule has 158 valence electrons. The molecule has 0 radical (unpaired) electrons. The lowest BCUT2D eigenvalue weighted by atomic mass is 9.97. The molecule has 1 saturated heterocycles. The Balaban J connectivity index is 1.45. The summed E-state index contributed by atoms with van der Waals surface area (Å²) in [5.74, 6) is 0.142. The number of hydrogen-bond acceptors (Lipinski definition) is 4. The van der Waals surface area contributed by atoms with Crippen LogP contribution in [-0.2, 0) is 14.8 Å². The smallest absolute Gasteiger partial charge is 0.263 e. The maximum absolute atomic E-state index is 13.4. The number of amides is 1. The SMILES string of the molecule is C[C@H](N=C1NS(=O)(=O)c2ccccc21)C(=O)N1CCCC1c1cccc2ccccc12. The molecular formula is C24H23N3O3S. The first-order chi connectivity index (χ1) is 15.0. The highest BCUT2D eigenvalue weighted by molar-refractivity contribution is 7.90. The topological polar surface area (TPSA) is 78.8 Å². The van der Waals surface area contributed by atoms with Gasteiger partial charge in [0.05, 0.1) is 10.9 Å². The molecule has 2 heterocycles. The second-order valence-electron chi connectivity index (χ2n) is 8.01. The zero-order chi connectivity index (χ0) is 21.6. The van der Waals surface area contributed by atoms with Gasteiger partial charge in [-0.25, -0.2) is 8.42 Å². The number of fused-ring (bicyclic) bond motifs is 2. The first kappa shape index (κ1) is 19.8. The van der Waals surface area contributed by atoms with Crippen LogP contribution in [0.25, 0.3) is 10.8 Å². The molecule has 7 heteroatoms. The van der Waals surface area contributed by atoms with Crippen LogP contribution in [0, 0.1) is 0 Å². The molecule has 0 aromatic heterocycles. The quantitative estimate of drug-likeness (QED) is 0.685. The van der Waals surface area contributed by atoms with Crippen molar-refractivity contribution >= 4 is 32.5 Å². The molecule has 1 unspecified atom stereocenters. The predicted octanol–water partition coefficient (Wildman–Crippen LogP) is 3.63. The fraction of sp³-hybridized carbons (Fsp3) is 0.250. The van der Waals surface area contributed by atoms with Crippen LogP contribution in [0.2, 0.25) is 0 Å². The van der Waals surface area contributed by atoms with Crippen LogP contribution in [0.5, 0.6) is 0 Å². The number of likely N-dealkylation sites (tertiary alicyclic amines) is 1. The molecule has 2 atom stereocenters. The van der Waals surface area contributed by atoms with Crippen molar-refractivity contribution in [2.45, 2.75) is 36.7 Å². The lowest BCUT2D eigenvalue weighted by molar-refractivity contribution is -0.133. The monoisotopic (exact) mass is 433 g/mol. The van der Waals surface area contributed by atoms with Crippen molar-refractivity contribution in [1.29, 1.82) is 0 Å². The highest BCUT2D eigenvalue weighted by Gasteiger charge is 2.35. The average Bonchev–Trinajstić information content (AvgIpc) is 3.36. The summed E-state index contributed by atoms with van der Waals surface area (Å²) < 4.78 is 27.2. The van der Waals surface area contributed by atoms with E-state index in [1.807, 2.05) is 23.1 Å². The van der Waals surface area contributed by atoms with Crippen LogP contribution in [0.3, 0.4) is 0 Å². The van der Waals surface area contributed by atoms with Crippen LogP contribution < -0.4 is 4.72 Å². The lowest BCUT2D eigenvalue weighted by Crippen LogP contribution is -2.38. The maximum Gasteiger partial charge on any atom is 0.263 e. The minimum absolute atomic E-state index is 0.00574. The lowest BCUT2D eigenvalue weighted by Gasteiger charge is -2.27. The van der Waals surface area contributed by atoms with Gasteiger partial charge in [0.1, 0.15) is 11.9 Å². The molecular weight excluding hydrogens is 410 g/mol. The fourth-order valence-electron chi connectivity index (χ4n) is 4.61. The zero-order valence-electron chi connectivity index (χ0n) is 17.2. The molecule has 5 rings (SSSR count). The third-order valence-corrected chi connectivity index (χ3v) is 7.46. The van der Waals surface area contributed by atoms with Gasteiger partial charge in [0.2, 0.25) is 5.91 Å². The van der Waals surface area contributed by atoms with Crippen LogP contribution in [0.4, 0.5) is 0 Å². The van der Waals surface area contributed by atoms with Gasteiger partial charge in [0.25, 0.3) is 10.0 Å². The first-order valence-corrected chi connectivity index (χ1v) is 11.9. The Labute approximate surface area is 181 Å². The molecule has 0 aliphatic carbocycles. The van der Waals surface area contributed by atoms with Crippen molar-refractivity contribution < 1.29 is 13.2 Å². The van der Waals surface area contributed by atoms with Gasteiger partial charge >= 0.3 is 0 Å². The summed E-state index contributed by atoms with van der Waals surface area (Å²) >= 11 is 0. The molecule has 1 N–H and O–H groups in total. The number of carbonyl (C=O) groups is 1. The number of carbonyl (C=O) groups excluding carboxylic acids is 1. The Hall–Kier alpha value is -3.19. The van der Waals surface area contributed by atoms with Crippen molar-refractivity contribution in [3.63, 3.8) is 0 Å². The summed E-state index contributed by atoms with van der Waals surface area (Å²) in [5, 5.41) is 2.32. The summed E-state index contributed by atoms with van der Waals surface area (Å²) in [5.41, 5.74) is 1.66. The summed E-state index contributed by atoms with van der Waals surface area (Å²) in [6.07, 6.45) is 1.83. The van der Waals surface area contributed by atoms with E-state index in [2.05, 4.69) is 34.0 Å². The Morgan fingerprint density at radius 1 is 1.06 bits per heavy atom. The van der Waals surface area contributed by atoms with Gasteiger partial charge in [-0.3, -0.25) is 14.5 Å². The number of nitrogens with zero attached hydrogens (tertiary/aromatic N) is 2. The van der Waals surface area contributed by atoms with Crippen LogP contribution in [0.15, 0.2) is 76.6 Å². The van der Waals surface area contributed by atoms with Gasteiger partial charge in [-0.1, -0.05) is 54.6 Å². The molecule has 0 spiro atoms. The number of amidine groups is 1. The highest BCUT2D eigenvalue weighted by Crippen LogP contribution is 2.36. The van der Waals surface area contributed by atoms with E-state index in [0.717, 1.165) is 29.2 Å². The van der Waals surface area contributed by atoms with Gasteiger partial charge < -0.3 is 4.90 Å². The number of nitrogens with one attached hydrogen (secondary N) is 1. The van der Waals surface area contributed by atoms with E-state index in [0.29, 0.717) is 12.1 Å². The summed E-state index contributed by atoms with van der Waals surface area (Å²) in [7, 11) is -3.63. The zero-order valence-corrected chi connectivity index (χ0v) is 18.0. The molecule has 2 aliphatic rings. The minimum Gasteiger partial charge on any atom is -0.334 e. The van der Waals surface area contributed by atoms with Crippen molar-refractivity contribution in [3.8, 4) is 0 Å². The molecule has 1 amide bonds. The Kier molecular flexibility index (Phi) is 4.78. The van der Waals surface area contributed by atoms with E-state index in [4.69, 9.17) is 0 Å². The van der Waals surface area contributed by atoms with Crippen molar-refractivity contribution in [3.05, 3.63) is 77.9 Å². The number of aliphatic imine (C=N–C) groups is 1. The van der Waals surface area contributed by atoms with E-state index in [1.165, 1.54) is 0 Å². The average molecular weight is 434 g/mol. The van der Waals surface area contributed by atoms with Crippen LogP contribution in [-0.4, -0.2) is 37.6 Å². The third-order valence-electron chi connectivity index (χ3n) is 6.06. The number of rotatable bonds is 3. The number of sulfonamides is 1. The van der Waals surface area contributed by atoms with E-state index >= 15 is 0 Å². The normalized spacial score (nSPS) is 21.8. The highest BCUT2D eigenvalue weighted by atomic mass is 32.2. The van der Waals surface area contributed by atoms with Crippen molar-refractivity contribution in [1.82, 2.24) is 9.62 Å². The van der Waals surface area contributed by atoms with Crippen molar-refractivity contribution in [2.24, 2.45) is 4.99 Å². The van der Waals surface area contributed by atoms with Crippen molar-refractivity contribution in [2.75, 3.05) is 6.54 Å². The van der Waals surface area contributed by atoms with E-state index in [1.54, 1.807) is 31.2 Å². The molecule has 31 heavy (non-hydrogen) atoms. The van der Waals surface area contributed by atoms with E-state index in [-0.39, 0.29) is 22.7 Å². The molecule has 6 nitrogen and oxygen atoms in total. The van der Waals surface area contributed by atoms with Gasteiger partial charge in [-0.2, -0.15) is 0 Å². The predicted molar refractivity (Wildman–Crippen MR) is 120 cm³/mol. The molecule has 2 aliphatic heterocycles. The Morgan fingerprint density at radius 2 is 1.81 bits per heavy atom. The number of benzene rings is 3. The van der Waals surface area contributed by atoms with E-state index < -0.39 is 16.1 Å². The summed E-state index contributed by atoms with van der Waals surface area (Å²) in [6.45, 7) is 2.40. The van der Waals surface area contributed by atoms with Gasteiger partial charge in [-0.05, 0) is 48.2 Å². The largest absolute Gasteiger partial charge is 0.334 e. The second-order valence-corrected chi connectivity index (χ2v) is 9.66. The summed E-state index contributed by atoms with van der Waals surface area (Å²) in [4.78, 5) is 19.9. The summed E-state index contributed by atoms with van der Waals surface area (Å²) in [6, 6.07) is 20.4. The molecule has 3 aromatic rings. The standard InChI is InChI=1S/C24H23N3O3S/c1-16(25-23-20-11-4-5-14-22(20)31(29,30)26-23)24(28)27-15-7-13-21(27)19-12-6-9-17-8-2-3-10-18(17)19/h2-6,8-12,14,16,21H,7,13,15H2,1H3,(H,25,26)/t16-,21?/m0/s1. The second kappa shape index (κ2) is 7.50. The van der Waals surface area contributed by atoms with Gasteiger partial charge in [0.15, 0.2) is 0 Å². The van der Waals surface area contributed by atoms with Gasteiger partial charge in [0, 0.05) is 12.1 Å². The molecule has 0 bridgehead atoms.